The number of ether oxygens (including phenoxy) is 1. The van der Waals surface area contributed by atoms with Gasteiger partial charge in [-0.2, -0.15) is 8.75 Å². The fraction of sp³-hybridized carbons (Fsp3) is 0.421. The molecule has 9 heteroatoms. The number of aromatic nitrogens is 2. The third kappa shape index (κ3) is 3.05. The van der Waals surface area contributed by atoms with Crippen molar-refractivity contribution in [2.24, 2.45) is 5.92 Å². The molecule has 0 bridgehead atoms. The van der Waals surface area contributed by atoms with Gasteiger partial charge in [-0.25, -0.2) is 0 Å². The van der Waals surface area contributed by atoms with E-state index in [4.69, 9.17) is 4.74 Å². The predicted octanol–water partition coefficient (Wildman–Crippen LogP) is 1.43. The number of carbonyl (C=O) groups excluding carboxylic acids is 3. The van der Waals surface area contributed by atoms with Gasteiger partial charge in [0.2, 0.25) is 5.91 Å². The first-order chi connectivity index (χ1) is 13.5. The normalized spacial score (nSPS) is 24.2. The summed E-state index contributed by atoms with van der Waals surface area (Å²) in [5.41, 5.74) is 1.74. The summed E-state index contributed by atoms with van der Waals surface area (Å²) < 4.78 is 13.1. The van der Waals surface area contributed by atoms with Crippen LogP contribution in [0.15, 0.2) is 30.3 Å². The summed E-state index contributed by atoms with van der Waals surface area (Å²) in [4.78, 5) is 41.5. The average molecular weight is 400 g/mol. The van der Waals surface area contributed by atoms with Gasteiger partial charge in [0.15, 0.2) is 5.69 Å². The number of benzene rings is 1. The van der Waals surface area contributed by atoms with E-state index < -0.39 is 5.92 Å². The number of rotatable bonds is 3. The van der Waals surface area contributed by atoms with Crippen LogP contribution in [0.2, 0.25) is 0 Å². The zero-order valence-corrected chi connectivity index (χ0v) is 16.4. The fourth-order valence-corrected chi connectivity index (χ4v) is 4.73. The summed E-state index contributed by atoms with van der Waals surface area (Å²) >= 11 is 0.980. The summed E-state index contributed by atoms with van der Waals surface area (Å²) in [5, 5.41) is 0. The van der Waals surface area contributed by atoms with Crippen LogP contribution in [0.4, 0.5) is 0 Å². The maximum atomic E-state index is 13.0. The second kappa shape index (κ2) is 7.31. The number of esters is 1. The number of hydrogen-bond donors (Lipinski definition) is 0. The lowest BCUT2D eigenvalue weighted by Crippen LogP contribution is -2.56. The zero-order chi connectivity index (χ0) is 19.8. The van der Waals surface area contributed by atoms with E-state index in [0.29, 0.717) is 18.7 Å². The maximum Gasteiger partial charge on any atom is 0.311 e. The molecule has 0 N–H and O–H groups in total. The van der Waals surface area contributed by atoms with E-state index in [1.165, 1.54) is 12.0 Å². The Hall–Kier alpha value is -2.81. The van der Waals surface area contributed by atoms with Crippen molar-refractivity contribution in [2.75, 3.05) is 20.2 Å². The minimum atomic E-state index is -0.459. The predicted molar refractivity (Wildman–Crippen MR) is 100 cm³/mol. The highest BCUT2D eigenvalue weighted by Crippen LogP contribution is 2.43. The quantitative estimate of drug-likeness (QED) is 0.724. The summed E-state index contributed by atoms with van der Waals surface area (Å²) in [6, 6.07) is 8.87. The molecule has 2 saturated heterocycles. The molecule has 0 saturated carbocycles. The van der Waals surface area contributed by atoms with E-state index in [2.05, 4.69) is 8.75 Å². The Morgan fingerprint density at radius 1 is 1.21 bits per heavy atom. The standard InChI is InChI=1S/C19H20N4O4S/c1-11-16(21-28-20-11)18(25)22-9-13-8-14(19(26)27-2)17(23(13)15(24)10-22)12-6-4-3-5-7-12/h3-7,13-14,17H,8-10H2,1-2H3/t13-,14-,17-/m0/s1. The summed E-state index contributed by atoms with van der Waals surface area (Å²) in [6.45, 7) is 2.05. The van der Waals surface area contributed by atoms with Crippen molar-refractivity contribution in [3.8, 4) is 0 Å². The Balaban J connectivity index is 1.64. The van der Waals surface area contributed by atoms with Crippen molar-refractivity contribution < 1.29 is 19.1 Å². The Bertz CT molecular complexity index is 916. The van der Waals surface area contributed by atoms with Crippen molar-refractivity contribution >= 4 is 29.5 Å². The minimum Gasteiger partial charge on any atom is -0.469 e. The van der Waals surface area contributed by atoms with Gasteiger partial charge in [0.1, 0.15) is 6.54 Å². The van der Waals surface area contributed by atoms with Crippen LogP contribution < -0.4 is 0 Å². The highest BCUT2D eigenvalue weighted by atomic mass is 32.1. The molecular formula is C19H20N4O4S. The third-order valence-electron chi connectivity index (χ3n) is 5.43. The molecule has 4 rings (SSSR count). The smallest absolute Gasteiger partial charge is 0.311 e. The lowest BCUT2D eigenvalue weighted by molar-refractivity contribution is -0.147. The summed E-state index contributed by atoms with van der Waals surface area (Å²) in [7, 11) is 1.36. The number of carbonyl (C=O) groups is 3. The Labute approximate surface area is 166 Å². The molecule has 2 fully saturated rings. The molecule has 0 radical (unpaired) electrons. The van der Waals surface area contributed by atoms with Gasteiger partial charge in [0, 0.05) is 6.54 Å². The van der Waals surface area contributed by atoms with Crippen molar-refractivity contribution in [1.82, 2.24) is 18.5 Å². The van der Waals surface area contributed by atoms with Crippen molar-refractivity contribution in [3.05, 3.63) is 47.3 Å². The molecule has 28 heavy (non-hydrogen) atoms. The van der Waals surface area contributed by atoms with Gasteiger partial charge in [-0.1, -0.05) is 30.3 Å². The second-order valence-corrected chi connectivity index (χ2v) is 7.59. The molecule has 0 aliphatic carbocycles. The zero-order valence-electron chi connectivity index (χ0n) is 15.6. The third-order valence-corrected chi connectivity index (χ3v) is 6.05. The SMILES string of the molecule is COC(=O)[C@H]1C[C@H]2CN(C(=O)c3nsnc3C)CC(=O)N2[C@H]1c1ccccc1. The lowest BCUT2D eigenvalue weighted by atomic mass is 9.93. The van der Waals surface area contributed by atoms with Crippen LogP contribution in [-0.4, -0.2) is 62.6 Å². The molecule has 1 aromatic carbocycles. The van der Waals surface area contributed by atoms with E-state index in [9.17, 15) is 14.4 Å². The number of amides is 2. The molecule has 146 valence electrons. The topological polar surface area (TPSA) is 92.7 Å². The van der Waals surface area contributed by atoms with Gasteiger partial charge in [-0.15, -0.1) is 0 Å². The second-order valence-electron chi connectivity index (χ2n) is 7.06. The van der Waals surface area contributed by atoms with Crippen LogP contribution >= 0.6 is 11.7 Å². The molecule has 0 spiro atoms. The van der Waals surface area contributed by atoms with E-state index in [1.54, 1.807) is 11.8 Å². The van der Waals surface area contributed by atoms with Gasteiger partial charge < -0.3 is 14.5 Å². The summed E-state index contributed by atoms with van der Waals surface area (Å²) in [6.07, 6.45) is 0.454. The summed E-state index contributed by atoms with van der Waals surface area (Å²) in [5.74, 6) is -1.27. The van der Waals surface area contributed by atoms with Crippen LogP contribution in [0.1, 0.15) is 34.2 Å². The van der Waals surface area contributed by atoms with Crippen LogP contribution in [0.5, 0.6) is 0 Å². The van der Waals surface area contributed by atoms with Gasteiger partial charge in [-0.3, -0.25) is 14.4 Å². The average Bonchev–Trinajstić information content (AvgIpc) is 3.31. The van der Waals surface area contributed by atoms with Gasteiger partial charge in [0.05, 0.1) is 42.5 Å². The number of hydrogen-bond acceptors (Lipinski definition) is 7. The van der Waals surface area contributed by atoms with Crippen molar-refractivity contribution in [3.63, 3.8) is 0 Å². The first-order valence-electron chi connectivity index (χ1n) is 9.03. The van der Waals surface area contributed by atoms with E-state index in [-0.39, 0.29) is 42.1 Å². The molecule has 1 aromatic heterocycles. The van der Waals surface area contributed by atoms with Crippen molar-refractivity contribution in [1.29, 1.82) is 0 Å². The van der Waals surface area contributed by atoms with Crippen molar-refractivity contribution in [2.45, 2.75) is 25.4 Å². The number of methoxy groups -OCH3 is 1. The van der Waals surface area contributed by atoms with E-state index in [0.717, 1.165) is 17.3 Å². The molecule has 2 aliphatic heterocycles. The number of aryl methyl sites for hydroxylation is 1. The monoisotopic (exact) mass is 400 g/mol. The molecular weight excluding hydrogens is 380 g/mol. The van der Waals surface area contributed by atoms with Gasteiger partial charge >= 0.3 is 5.97 Å². The number of piperazine rings is 1. The lowest BCUT2D eigenvalue weighted by Gasteiger charge is -2.39. The van der Waals surface area contributed by atoms with Crippen LogP contribution in [0, 0.1) is 12.8 Å². The minimum absolute atomic E-state index is 0.0382. The molecule has 8 nitrogen and oxygen atoms in total. The maximum absolute atomic E-state index is 13.0. The highest BCUT2D eigenvalue weighted by Gasteiger charge is 2.51. The Kier molecular flexibility index (Phi) is 4.84. The van der Waals surface area contributed by atoms with Crippen LogP contribution in [-0.2, 0) is 14.3 Å². The van der Waals surface area contributed by atoms with Gasteiger partial charge in [0.25, 0.3) is 5.91 Å². The van der Waals surface area contributed by atoms with Crippen LogP contribution in [0.3, 0.4) is 0 Å². The highest BCUT2D eigenvalue weighted by molar-refractivity contribution is 6.99. The van der Waals surface area contributed by atoms with E-state index >= 15 is 0 Å². The Morgan fingerprint density at radius 3 is 2.61 bits per heavy atom. The first kappa shape index (κ1) is 18.5. The van der Waals surface area contributed by atoms with Gasteiger partial charge in [-0.05, 0) is 18.9 Å². The molecule has 2 amide bonds. The largest absolute Gasteiger partial charge is 0.469 e. The molecule has 3 heterocycles. The molecule has 2 aromatic rings. The molecule has 2 aliphatic rings. The van der Waals surface area contributed by atoms with Crippen LogP contribution in [0.25, 0.3) is 0 Å². The molecule has 0 unspecified atom stereocenters. The van der Waals surface area contributed by atoms with E-state index in [1.807, 2.05) is 30.3 Å². The Morgan fingerprint density at radius 2 is 1.96 bits per heavy atom. The first-order valence-corrected chi connectivity index (χ1v) is 9.76. The fourth-order valence-electron chi connectivity index (χ4n) is 4.19. The number of fused-ring (bicyclic) bond motifs is 1. The number of nitrogens with zero attached hydrogens (tertiary/aromatic N) is 4. The molecule has 3 atom stereocenters.